The summed E-state index contributed by atoms with van der Waals surface area (Å²) < 4.78 is 5.43. The lowest BCUT2D eigenvalue weighted by molar-refractivity contribution is -0.121. The summed E-state index contributed by atoms with van der Waals surface area (Å²) in [6.45, 7) is 4.78. The van der Waals surface area contributed by atoms with Gasteiger partial charge in [0.25, 0.3) is 0 Å². The van der Waals surface area contributed by atoms with Crippen LogP contribution in [-0.2, 0) is 11.2 Å². The van der Waals surface area contributed by atoms with E-state index in [9.17, 15) is 4.79 Å². The van der Waals surface area contributed by atoms with Gasteiger partial charge in [0.15, 0.2) is 11.5 Å². The van der Waals surface area contributed by atoms with Crippen LogP contribution in [0.4, 0.5) is 0 Å². The molecule has 1 heterocycles. The predicted octanol–water partition coefficient (Wildman–Crippen LogP) is 3.38. The van der Waals surface area contributed by atoms with E-state index in [-0.39, 0.29) is 5.91 Å². The van der Waals surface area contributed by atoms with Gasteiger partial charge in [0.1, 0.15) is 5.52 Å². The summed E-state index contributed by atoms with van der Waals surface area (Å²) in [6.07, 6.45) is 4.66. The van der Waals surface area contributed by atoms with Crippen molar-refractivity contribution in [3.05, 3.63) is 29.7 Å². The second-order valence-electron chi connectivity index (χ2n) is 5.09. The van der Waals surface area contributed by atoms with Gasteiger partial charge in [-0.2, -0.15) is 0 Å². The van der Waals surface area contributed by atoms with Crippen LogP contribution < -0.4 is 5.32 Å². The Kier molecular flexibility index (Phi) is 5.16. The first-order chi connectivity index (χ1) is 9.69. The molecule has 0 spiro atoms. The maximum absolute atomic E-state index is 11.7. The Bertz CT molecular complexity index is 575. The van der Waals surface area contributed by atoms with Crippen LogP contribution in [-0.4, -0.2) is 17.4 Å². The van der Waals surface area contributed by atoms with Gasteiger partial charge in [-0.15, -0.1) is 0 Å². The molecule has 0 aliphatic rings. The van der Waals surface area contributed by atoms with Crippen LogP contribution in [0.15, 0.2) is 22.6 Å². The zero-order valence-corrected chi connectivity index (χ0v) is 12.2. The standard InChI is InChI=1S/C16H22N2O2/c1-3-4-5-10-17-16(19)9-7-13-6-8-15-14(11-13)18-12(2)20-15/h6,8,11H,3-5,7,9-10H2,1-2H3,(H,17,19). The molecule has 1 N–H and O–H groups in total. The van der Waals surface area contributed by atoms with Crippen molar-refractivity contribution in [1.82, 2.24) is 10.3 Å². The molecule has 0 saturated heterocycles. The highest BCUT2D eigenvalue weighted by Crippen LogP contribution is 2.17. The Morgan fingerprint density at radius 3 is 3.00 bits per heavy atom. The molecular formula is C16H22N2O2. The molecule has 1 aromatic heterocycles. The van der Waals surface area contributed by atoms with Crippen molar-refractivity contribution < 1.29 is 9.21 Å². The van der Waals surface area contributed by atoms with Crippen molar-refractivity contribution in [2.75, 3.05) is 6.54 Å². The Hall–Kier alpha value is -1.84. The molecule has 0 unspecified atom stereocenters. The van der Waals surface area contributed by atoms with Gasteiger partial charge in [0, 0.05) is 19.9 Å². The quantitative estimate of drug-likeness (QED) is 0.787. The number of hydrogen-bond acceptors (Lipinski definition) is 3. The van der Waals surface area contributed by atoms with Gasteiger partial charge >= 0.3 is 0 Å². The molecule has 4 heteroatoms. The monoisotopic (exact) mass is 274 g/mol. The van der Waals surface area contributed by atoms with Gasteiger partial charge in [0.05, 0.1) is 0 Å². The van der Waals surface area contributed by atoms with Crippen LogP contribution in [0.2, 0.25) is 0 Å². The van der Waals surface area contributed by atoms with E-state index in [4.69, 9.17) is 4.42 Å². The number of unbranched alkanes of at least 4 members (excludes halogenated alkanes) is 2. The zero-order chi connectivity index (χ0) is 14.4. The molecule has 0 atom stereocenters. The van der Waals surface area contributed by atoms with Crippen LogP contribution in [0.5, 0.6) is 0 Å². The van der Waals surface area contributed by atoms with Crippen LogP contribution in [0.1, 0.15) is 44.1 Å². The van der Waals surface area contributed by atoms with Crippen molar-refractivity contribution in [3.8, 4) is 0 Å². The first kappa shape index (κ1) is 14.6. The summed E-state index contributed by atoms with van der Waals surface area (Å²) >= 11 is 0. The molecular weight excluding hydrogens is 252 g/mol. The largest absolute Gasteiger partial charge is 0.441 e. The number of aromatic nitrogens is 1. The van der Waals surface area contributed by atoms with E-state index in [0.717, 1.165) is 36.0 Å². The van der Waals surface area contributed by atoms with Crippen LogP contribution in [0.25, 0.3) is 11.1 Å². The smallest absolute Gasteiger partial charge is 0.220 e. The third-order valence-corrected chi connectivity index (χ3v) is 3.30. The average molecular weight is 274 g/mol. The molecule has 0 radical (unpaired) electrons. The SMILES string of the molecule is CCCCCNC(=O)CCc1ccc2oc(C)nc2c1. The molecule has 0 fully saturated rings. The van der Waals surface area contributed by atoms with Gasteiger partial charge in [0.2, 0.25) is 5.91 Å². The van der Waals surface area contributed by atoms with Gasteiger partial charge in [-0.1, -0.05) is 25.8 Å². The Balaban J connectivity index is 1.81. The number of oxazole rings is 1. The van der Waals surface area contributed by atoms with E-state index in [1.807, 2.05) is 25.1 Å². The van der Waals surface area contributed by atoms with Crippen molar-refractivity contribution in [3.63, 3.8) is 0 Å². The summed E-state index contributed by atoms with van der Waals surface area (Å²) in [5, 5.41) is 2.96. The van der Waals surface area contributed by atoms with Crippen molar-refractivity contribution in [2.45, 2.75) is 46.0 Å². The molecule has 1 amide bonds. The highest BCUT2D eigenvalue weighted by molar-refractivity contribution is 5.77. The number of hydrogen-bond donors (Lipinski definition) is 1. The average Bonchev–Trinajstić information content (AvgIpc) is 2.80. The molecule has 2 aromatic rings. The number of nitrogens with zero attached hydrogens (tertiary/aromatic N) is 1. The molecule has 0 aliphatic heterocycles. The number of amides is 1. The maximum atomic E-state index is 11.7. The second-order valence-corrected chi connectivity index (χ2v) is 5.09. The van der Waals surface area contributed by atoms with E-state index in [1.165, 1.54) is 12.8 Å². The van der Waals surface area contributed by atoms with Crippen molar-refractivity contribution in [1.29, 1.82) is 0 Å². The molecule has 108 valence electrons. The molecule has 2 rings (SSSR count). The lowest BCUT2D eigenvalue weighted by Gasteiger charge is -2.04. The fourth-order valence-corrected chi connectivity index (χ4v) is 2.19. The first-order valence-corrected chi connectivity index (χ1v) is 7.32. The number of aryl methyl sites for hydroxylation is 2. The highest BCUT2D eigenvalue weighted by Gasteiger charge is 2.05. The third-order valence-electron chi connectivity index (χ3n) is 3.30. The number of nitrogens with one attached hydrogen (secondary N) is 1. The number of carbonyl (C=O) groups is 1. The summed E-state index contributed by atoms with van der Waals surface area (Å²) in [4.78, 5) is 16.0. The van der Waals surface area contributed by atoms with E-state index >= 15 is 0 Å². The number of rotatable bonds is 7. The Labute approximate surface area is 119 Å². The molecule has 20 heavy (non-hydrogen) atoms. The van der Waals surface area contributed by atoms with E-state index in [2.05, 4.69) is 17.2 Å². The van der Waals surface area contributed by atoms with Crippen molar-refractivity contribution >= 4 is 17.0 Å². The summed E-state index contributed by atoms with van der Waals surface area (Å²) in [5.74, 6) is 0.795. The van der Waals surface area contributed by atoms with Crippen LogP contribution in [0, 0.1) is 6.92 Å². The van der Waals surface area contributed by atoms with Crippen LogP contribution >= 0.6 is 0 Å². The highest BCUT2D eigenvalue weighted by atomic mass is 16.3. The Morgan fingerprint density at radius 1 is 1.35 bits per heavy atom. The number of benzene rings is 1. The fourth-order valence-electron chi connectivity index (χ4n) is 2.19. The molecule has 4 nitrogen and oxygen atoms in total. The second kappa shape index (κ2) is 7.08. The van der Waals surface area contributed by atoms with E-state index in [0.29, 0.717) is 12.3 Å². The van der Waals surface area contributed by atoms with Crippen molar-refractivity contribution in [2.24, 2.45) is 0 Å². The zero-order valence-electron chi connectivity index (χ0n) is 12.2. The fraction of sp³-hybridized carbons (Fsp3) is 0.500. The molecule has 0 aliphatic carbocycles. The van der Waals surface area contributed by atoms with Gasteiger partial charge < -0.3 is 9.73 Å². The molecule has 0 saturated carbocycles. The summed E-state index contributed by atoms with van der Waals surface area (Å²) in [6, 6.07) is 5.91. The number of carbonyl (C=O) groups excluding carboxylic acids is 1. The first-order valence-electron chi connectivity index (χ1n) is 7.32. The molecule has 1 aromatic carbocycles. The number of fused-ring (bicyclic) bond motifs is 1. The van der Waals surface area contributed by atoms with Gasteiger partial charge in [-0.3, -0.25) is 4.79 Å². The normalized spacial score (nSPS) is 10.9. The minimum Gasteiger partial charge on any atom is -0.441 e. The predicted molar refractivity (Wildman–Crippen MR) is 79.6 cm³/mol. The lowest BCUT2D eigenvalue weighted by atomic mass is 10.1. The minimum atomic E-state index is 0.123. The van der Waals surface area contributed by atoms with Crippen LogP contribution in [0.3, 0.4) is 0 Å². The molecule has 0 bridgehead atoms. The topological polar surface area (TPSA) is 55.1 Å². The lowest BCUT2D eigenvalue weighted by Crippen LogP contribution is -2.24. The third kappa shape index (κ3) is 4.08. The minimum absolute atomic E-state index is 0.123. The summed E-state index contributed by atoms with van der Waals surface area (Å²) in [5.41, 5.74) is 2.79. The van der Waals surface area contributed by atoms with Gasteiger partial charge in [-0.25, -0.2) is 4.98 Å². The summed E-state index contributed by atoms with van der Waals surface area (Å²) in [7, 11) is 0. The van der Waals surface area contributed by atoms with E-state index in [1.54, 1.807) is 0 Å². The maximum Gasteiger partial charge on any atom is 0.220 e. The Morgan fingerprint density at radius 2 is 2.20 bits per heavy atom. The van der Waals surface area contributed by atoms with E-state index < -0.39 is 0 Å². The van der Waals surface area contributed by atoms with Gasteiger partial charge in [-0.05, 0) is 30.5 Å².